The number of carboxylic acids is 1. The first-order valence-electron chi connectivity index (χ1n) is 5.82. The summed E-state index contributed by atoms with van der Waals surface area (Å²) in [6.07, 6.45) is 3.25. The van der Waals surface area contributed by atoms with E-state index in [0.29, 0.717) is 13.0 Å². The Hall–Kier alpha value is -1.26. The van der Waals surface area contributed by atoms with Crippen LogP contribution in [-0.4, -0.2) is 29.2 Å². The van der Waals surface area contributed by atoms with Crippen molar-refractivity contribution in [3.05, 3.63) is 0 Å². The van der Waals surface area contributed by atoms with Crippen molar-refractivity contribution in [3.63, 3.8) is 0 Å². The van der Waals surface area contributed by atoms with Gasteiger partial charge in [0.25, 0.3) is 0 Å². The first-order chi connectivity index (χ1) is 7.53. The van der Waals surface area contributed by atoms with E-state index < -0.39 is 17.5 Å². The van der Waals surface area contributed by atoms with Gasteiger partial charge in [-0.15, -0.1) is 0 Å². The van der Waals surface area contributed by atoms with Gasteiger partial charge >= 0.3 is 12.0 Å². The van der Waals surface area contributed by atoms with Crippen molar-refractivity contribution in [3.8, 4) is 0 Å². The standard InChI is InChI=1S/C11H20N2O3/c1-3-12-10(16)13-11(9(14)15)7-5-4-6-8(11)2/h8H,3-7H2,1-2H3,(H,14,15)(H2,12,13,16). The summed E-state index contributed by atoms with van der Waals surface area (Å²) in [6.45, 7) is 4.19. The Morgan fingerprint density at radius 2 is 2.12 bits per heavy atom. The maximum Gasteiger partial charge on any atom is 0.329 e. The highest BCUT2D eigenvalue weighted by molar-refractivity contribution is 5.86. The summed E-state index contributed by atoms with van der Waals surface area (Å²) in [5.74, 6) is -0.952. The van der Waals surface area contributed by atoms with Crippen LogP contribution in [0.1, 0.15) is 39.5 Å². The third-order valence-electron chi connectivity index (χ3n) is 3.36. The van der Waals surface area contributed by atoms with E-state index in [2.05, 4.69) is 10.6 Å². The van der Waals surface area contributed by atoms with Crippen LogP contribution in [-0.2, 0) is 4.79 Å². The zero-order chi connectivity index (χ0) is 12.2. The summed E-state index contributed by atoms with van der Waals surface area (Å²) >= 11 is 0. The minimum atomic E-state index is -1.09. The Labute approximate surface area is 95.6 Å². The van der Waals surface area contributed by atoms with Crippen LogP contribution in [0.3, 0.4) is 0 Å². The molecule has 1 fully saturated rings. The molecule has 0 heterocycles. The second-order valence-electron chi connectivity index (χ2n) is 4.41. The highest BCUT2D eigenvalue weighted by Gasteiger charge is 2.46. The fourth-order valence-electron chi connectivity index (χ4n) is 2.31. The van der Waals surface area contributed by atoms with Crippen LogP contribution >= 0.6 is 0 Å². The van der Waals surface area contributed by atoms with Crippen molar-refractivity contribution in [1.82, 2.24) is 10.6 Å². The molecule has 5 heteroatoms. The minimum absolute atomic E-state index is 0.0265. The molecule has 0 saturated heterocycles. The number of carbonyl (C=O) groups is 2. The van der Waals surface area contributed by atoms with E-state index in [0.717, 1.165) is 19.3 Å². The Morgan fingerprint density at radius 1 is 1.44 bits per heavy atom. The fourth-order valence-corrected chi connectivity index (χ4v) is 2.31. The number of rotatable bonds is 3. The van der Waals surface area contributed by atoms with E-state index in [1.165, 1.54) is 0 Å². The van der Waals surface area contributed by atoms with E-state index in [4.69, 9.17) is 0 Å². The van der Waals surface area contributed by atoms with E-state index >= 15 is 0 Å². The van der Waals surface area contributed by atoms with Crippen LogP contribution in [0.2, 0.25) is 0 Å². The van der Waals surface area contributed by atoms with Crippen LogP contribution in [0, 0.1) is 5.92 Å². The SMILES string of the molecule is CCNC(=O)NC1(C(=O)O)CCCCC1C. The van der Waals surface area contributed by atoms with Crippen molar-refractivity contribution < 1.29 is 14.7 Å². The van der Waals surface area contributed by atoms with Crippen LogP contribution < -0.4 is 10.6 Å². The second-order valence-corrected chi connectivity index (χ2v) is 4.41. The third kappa shape index (κ3) is 2.46. The molecule has 1 saturated carbocycles. The van der Waals surface area contributed by atoms with Gasteiger partial charge in [-0.05, 0) is 25.7 Å². The van der Waals surface area contributed by atoms with Crippen LogP contribution in [0.15, 0.2) is 0 Å². The van der Waals surface area contributed by atoms with Gasteiger partial charge in [-0.2, -0.15) is 0 Å². The summed E-state index contributed by atoms with van der Waals surface area (Å²) < 4.78 is 0. The zero-order valence-corrected chi connectivity index (χ0v) is 9.88. The summed E-state index contributed by atoms with van der Waals surface area (Å²) in [4.78, 5) is 22.9. The summed E-state index contributed by atoms with van der Waals surface area (Å²) in [5, 5.41) is 14.5. The topological polar surface area (TPSA) is 78.4 Å². The smallest absolute Gasteiger partial charge is 0.329 e. The molecule has 0 bridgehead atoms. The monoisotopic (exact) mass is 228 g/mol. The largest absolute Gasteiger partial charge is 0.479 e. The molecule has 1 rings (SSSR count). The normalized spacial score (nSPS) is 29.5. The lowest BCUT2D eigenvalue weighted by atomic mass is 9.73. The van der Waals surface area contributed by atoms with Crippen molar-refractivity contribution in [2.24, 2.45) is 5.92 Å². The molecule has 1 aliphatic carbocycles. The third-order valence-corrected chi connectivity index (χ3v) is 3.36. The van der Waals surface area contributed by atoms with E-state index in [1.54, 1.807) is 6.92 Å². The van der Waals surface area contributed by atoms with Gasteiger partial charge in [0, 0.05) is 6.54 Å². The van der Waals surface area contributed by atoms with E-state index in [1.807, 2.05) is 6.92 Å². The summed E-state index contributed by atoms with van der Waals surface area (Å²) in [5.41, 5.74) is -1.09. The molecule has 1 aliphatic rings. The molecule has 5 nitrogen and oxygen atoms in total. The summed E-state index contributed by atoms with van der Waals surface area (Å²) in [6, 6.07) is -0.390. The fraction of sp³-hybridized carbons (Fsp3) is 0.818. The Kier molecular flexibility index (Phi) is 4.15. The second kappa shape index (κ2) is 5.18. The lowest BCUT2D eigenvalue weighted by Gasteiger charge is -2.39. The number of hydrogen-bond acceptors (Lipinski definition) is 2. The average molecular weight is 228 g/mol. The van der Waals surface area contributed by atoms with Gasteiger partial charge in [0.1, 0.15) is 5.54 Å². The predicted octanol–water partition coefficient (Wildman–Crippen LogP) is 1.34. The molecule has 0 spiro atoms. The highest BCUT2D eigenvalue weighted by Crippen LogP contribution is 2.33. The van der Waals surface area contributed by atoms with Gasteiger partial charge in [0.15, 0.2) is 0 Å². The van der Waals surface area contributed by atoms with Gasteiger partial charge in [-0.1, -0.05) is 19.8 Å². The van der Waals surface area contributed by atoms with Crippen molar-refractivity contribution in [2.45, 2.75) is 45.1 Å². The molecule has 2 amide bonds. The molecular weight excluding hydrogens is 208 g/mol. The van der Waals surface area contributed by atoms with Gasteiger partial charge < -0.3 is 15.7 Å². The quantitative estimate of drug-likeness (QED) is 0.682. The average Bonchev–Trinajstić information content (AvgIpc) is 2.21. The number of aliphatic carboxylic acids is 1. The van der Waals surface area contributed by atoms with Gasteiger partial charge in [0.2, 0.25) is 0 Å². The molecule has 92 valence electrons. The van der Waals surface area contributed by atoms with Crippen molar-refractivity contribution in [2.75, 3.05) is 6.54 Å². The Balaban J connectivity index is 2.79. The van der Waals surface area contributed by atoms with Crippen LogP contribution in [0.25, 0.3) is 0 Å². The first kappa shape index (κ1) is 12.8. The van der Waals surface area contributed by atoms with Gasteiger partial charge in [-0.3, -0.25) is 0 Å². The van der Waals surface area contributed by atoms with Crippen LogP contribution in [0.5, 0.6) is 0 Å². The molecule has 16 heavy (non-hydrogen) atoms. The number of amides is 2. The lowest BCUT2D eigenvalue weighted by molar-refractivity contribution is -0.148. The molecule has 0 aromatic heterocycles. The predicted molar refractivity (Wildman–Crippen MR) is 60.2 cm³/mol. The first-order valence-corrected chi connectivity index (χ1v) is 5.82. The lowest BCUT2D eigenvalue weighted by Crippen LogP contribution is -2.61. The summed E-state index contributed by atoms with van der Waals surface area (Å²) in [7, 11) is 0. The number of carboxylic acid groups (broad SMARTS) is 1. The van der Waals surface area contributed by atoms with Crippen molar-refractivity contribution in [1.29, 1.82) is 0 Å². The maximum absolute atomic E-state index is 11.5. The molecule has 0 aliphatic heterocycles. The highest BCUT2D eigenvalue weighted by atomic mass is 16.4. The molecule has 2 unspecified atom stereocenters. The Bertz CT molecular complexity index is 280. The van der Waals surface area contributed by atoms with Gasteiger partial charge in [0.05, 0.1) is 0 Å². The van der Waals surface area contributed by atoms with E-state index in [9.17, 15) is 14.7 Å². The van der Waals surface area contributed by atoms with Crippen LogP contribution in [0.4, 0.5) is 4.79 Å². The molecule has 2 atom stereocenters. The number of hydrogen-bond donors (Lipinski definition) is 3. The molecule has 3 N–H and O–H groups in total. The number of carbonyl (C=O) groups excluding carboxylic acids is 1. The molecular formula is C11H20N2O3. The molecule has 0 radical (unpaired) electrons. The minimum Gasteiger partial charge on any atom is -0.479 e. The number of urea groups is 1. The Morgan fingerprint density at radius 3 is 2.62 bits per heavy atom. The molecule has 0 aromatic carbocycles. The zero-order valence-electron chi connectivity index (χ0n) is 9.88. The van der Waals surface area contributed by atoms with Crippen molar-refractivity contribution >= 4 is 12.0 Å². The number of nitrogens with one attached hydrogen (secondary N) is 2. The van der Waals surface area contributed by atoms with Gasteiger partial charge in [-0.25, -0.2) is 9.59 Å². The maximum atomic E-state index is 11.5. The molecule has 0 aromatic rings. The van der Waals surface area contributed by atoms with E-state index in [-0.39, 0.29) is 5.92 Å².